The van der Waals surface area contributed by atoms with Crippen LogP contribution in [0.3, 0.4) is 0 Å². The van der Waals surface area contributed by atoms with Crippen molar-refractivity contribution in [2.24, 2.45) is 5.73 Å². The quantitative estimate of drug-likeness (QED) is 0.829. The van der Waals surface area contributed by atoms with Gasteiger partial charge in [-0.25, -0.2) is 4.98 Å². The third-order valence-electron chi connectivity index (χ3n) is 1.85. The molecule has 0 aliphatic heterocycles. The SMILES string of the molecule is NCc1ncc([S+]([O-])c2ccccc2)s1. The number of aromatic nitrogens is 1. The van der Waals surface area contributed by atoms with Crippen molar-refractivity contribution in [3.63, 3.8) is 0 Å². The molecule has 0 spiro atoms. The zero-order valence-electron chi connectivity index (χ0n) is 7.92. The molecule has 0 radical (unpaired) electrons. The van der Waals surface area contributed by atoms with Crippen LogP contribution in [0.5, 0.6) is 0 Å². The van der Waals surface area contributed by atoms with Crippen LogP contribution >= 0.6 is 11.3 Å². The highest BCUT2D eigenvalue weighted by molar-refractivity contribution is 7.93. The molecule has 5 heteroatoms. The molecule has 0 saturated carbocycles. The highest BCUT2D eigenvalue weighted by Gasteiger charge is 2.17. The Morgan fingerprint density at radius 2 is 2.07 bits per heavy atom. The van der Waals surface area contributed by atoms with Crippen LogP contribution in [0.25, 0.3) is 0 Å². The first kappa shape index (κ1) is 10.6. The van der Waals surface area contributed by atoms with Crippen molar-refractivity contribution < 1.29 is 4.55 Å². The van der Waals surface area contributed by atoms with Crippen molar-refractivity contribution in [2.45, 2.75) is 15.6 Å². The lowest BCUT2D eigenvalue weighted by atomic mass is 10.4. The molecule has 78 valence electrons. The van der Waals surface area contributed by atoms with Crippen molar-refractivity contribution >= 4 is 22.5 Å². The van der Waals surface area contributed by atoms with Crippen LogP contribution in [0.1, 0.15) is 5.01 Å². The van der Waals surface area contributed by atoms with E-state index >= 15 is 0 Å². The lowest BCUT2D eigenvalue weighted by Crippen LogP contribution is -1.98. The number of nitrogens with two attached hydrogens (primary N) is 1. The standard InChI is InChI=1S/C10H10N2OS2/c11-6-9-12-7-10(14-9)15(13)8-4-2-1-3-5-8/h1-5,7H,6,11H2. The van der Waals surface area contributed by atoms with E-state index in [1.165, 1.54) is 11.3 Å². The summed E-state index contributed by atoms with van der Waals surface area (Å²) < 4.78 is 12.8. The zero-order valence-corrected chi connectivity index (χ0v) is 9.55. The van der Waals surface area contributed by atoms with Gasteiger partial charge in [-0.2, -0.15) is 0 Å². The summed E-state index contributed by atoms with van der Waals surface area (Å²) in [4.78, 5) is 4.88. The molecule has 0 amide bonds. The Kier molecular flexibility index (Phi) is 3.37. The second-order valence-electron chi connectivity index (χ2n) is 2.86. The minimum absolute atomic E-state index is 0.399. The van der Waals surface area contributed by atoms with Crippen LogP contribution in [0, 0.1) is 0 Å². The average molecular weight is 238 g/mol. The fourth-order valence-electron chi connectivity index (χ4n) is 1.13. The highest BCUT2D eigenvalue weighted by atomic mass is 32.2. The third-order valence-corrected chi connectivity index (χ3v) is 4.54. The van der Waals surface area contributed by atoms with E-state index in [1.807, 2.05) is 30.3 Å². The van der Waals surface area contributed by atoms with Crippen LogP contribution in [-0.4, -0.2) is 9.54 Å². The maximum absolute atomic E-state index is 12.0. The maximum Gasteiger partial charge on any atom is 0.232 e. The van der Waals surface area contributed by atoms with Crippen molar-refractivity contribution in [1.82, 2.24) is 4.98 Å². The molecule has 2 N–H and O–H groups in total. The summed E-state index contributed by atoms with van der Waals surface area (Å²) in [6.07, 6.45) is 1.63. The number of hydrogen-bond acceptors (Lipinski definition) is 4. The molecule has 0 bridgehead atoms. The summed E-state index contributed by atoms with van der Waals surface area (Å²) in [5.41, 5.74) is 5.45. The molecular formula is C10H10N2OS2. The van der Waals surface area contributed by atoms with E-state index < -0.39 is 11.2 Å². The van der Waals surface area contributed by atoms with Crippen LogP contribution in [0.4, 0.5) is 0 Å². The van der Waals surface area contributed by atoms with Gasteiger partial charge in [-0.3, -0.25) is 0 Å². The fraction of sp³-hybridized carbons (Fsp3) is 0.100. The van der Waals surface area contributed by atoms with Gasteiger partial charge in [-0.15, -0.1) is 0 Å². The Bertz CT molecular complexity index is 430. The molecular weight excluding hydrogens is 228 g/mol. The van der Waals surface area contributed by atoms with Gasteiger partial charge in [-0.05, 0) is 12.1 Å². The number of rotatable bonds is 3. The van der Waals surface area contributed by atoms with E-state index in [1.54, 1.807) is 6.20 Å². The van der Waals surface area contributed by atoms with Crippen LogP contribution in [-0.2, 0) is 17.7 Å². The van der Waals surface area contributed by atoms with E-state index in [-0.39, 0.29) is 0 Å². The first-order chi connectivity index (χ1) is 7.31. The van der Waals surface area contributed by atoms with Crippen molar-refractivity contribution in [3.8, 4) is 0 Å². The minimum atomic E-state index is -1.13. The van der Waals surface area contributed by atoms with Crippen molar-refractivity contribution in [2.75, 3.05) is 0 Å². The molecule has 2 rings (SSSR count). The summed E-state index contributed by atoms with van der Waals surface area (Å²) in [6, 6.07) is 9.34. The third kappa shape index (κ3) is 2.38. The highest BCUT2D eigenvalue weighted by Crippen LogP contribution is 2.25. The van der Waals surface area contributed by atoms with Gasteiger partial charge in [0.15, 0.2) is 4.90 Å². The Morgan fingerprint density at radius 3 is 2.67 bits per heavy atom. The molecule has 1 aromatic carbocycles. The van der Waals surface area contributed by atoms with Gasteiger partial charge < -0.3 is 10.3 Å². The molecule has 1 atom stereocenters. The summed E-state index contributed by atoms with van der Waals surface area (Å²) in [6.45, 7) is 0.399. The van der Waals surface area contributed by atoms with Gasteiger partial charge in [0.2, 0.25) is 4.21 Å². The van der Waals surface area contributed by atoms with E-state index in [0.29, 0.717) is 6.54 Å². The normalized spacial score (nSPS) is 12.7. The molecule has 1 heterocycles. The van der Waals surface area contributed by atoms with E-state index in [2.05, 4.69) is 4.98 Å². The molecule has 0 aliphatic rings. The van der Waals surface area contributed by atoms with Gasteiger partial charge in [0.05, 0.1) is 6.20 Å². The molecule has 1 aromatic heterocycles. The fourth-order valence-corrected chi connectivity index (χ4v) is 3.33. The lowest BCUT2D eigenvalue weighted by molar-refractivity contribution is 0.597. The molecule has 0 saturated heterocycles. The Hall–Kier alpha value is -0.880. The predicted molar refractivity (Wildman–Crippen MR) is 61.1 cm³/mol. The smallest absolute Gasteiger partial charge is 0.232 e. The zero-order chi connectivity index (χ0) is 10.7. The van der Waals surface area contributed by atoms with E-state index in [9.17, 15) is 4.55 Å². The molecule has 0 aliphatic carbocycles. The largest absolute Gasteiger partial charge is 0.606 e. The van der Waals surface area contributed by atoms with Gasteiger partial charge in [0.25, 0.3) is 0 Å². The summed E-state index contributed by atoms with van der Waals surface area (Å²) in [7, 11) is 0. The van der Waals surface area contributed by atoms with Crippen LogP contribution < -0.4 is 5.73 Å². The number of nitrogens with zero attached hydrogens (tertiary/aromatic N) is 1. The molecule has 3 nitrogen and oxygen atoms in total. The summed E-state index contributed by atoms with van der Waals surface area (Å²) >= 11 is 0.272. The van der Waals surface area contributed by atoms with Crippen molar-refractivity contribution in [1.29, 1.82) is 0 Å². The van der Waals surface area contributed by atoms with E-state index in [4.69, 9.17) is 5.73 Å². The first-order valence-corrected chi connectivity index (χ1v) is 6.39. The van der Waals surface area contributed by atoms with Crippen LogP contribution in [0.2, 0.25) is 0 Å². The summed E-state index contributed by atoms with van der Waals surface area (Å²) in [5, 5.41) is 0.814. The Labute approximate surface area is 95.1 Å². The minimum Gasteiger partial charge on any atom is -0.606 e. The molecule has 15 heavy (non-hydrogen) atoms. The maximum atomic E-state index is 12.0. The number of hydrogen-bond donors (Lipinski definition) is 1. The second kappa shape index (κ2) is 4.76. The number of thiazole rings is 1. The summed E-state index contributed by atoms with van der Waals surface area (Å²) in [5.74, 6) is 0. The van der Waals surface area contributed by atoms with Gasteiger partial charge >= 0.3 is 0 Å². The van der Waals surface area contributed by atoms with Gasteiger partial charge in [0.1, 0.15) is 5.01 Å². The average Bonchev–Trinajstić information content (AvgIpc) is 2.78. The Balaban J connectivity index is 2.24. The topological polar surface area (TPSA) is 62.0 Å². The van der Waals surface area contributed by atoms with Gasteiger partial charge in [-0.1, -0.05) is 29.5 Å². The second-order valence-corrected chi connectivity index (χ2v) is 5.68. The molecule has 0 fully saturated rings. The number of benzene rings is 1. The first-order valence-electron chi connectivity index (χ1n) is 4.43. The van der Waals surface area contributed by atoms with E-state index in [0.717, 1.165) is 14.1 Å². The monoisotopic (exact) mass is 238 g/mol. The van der Waals surface area contributed by atoms with Crippen molar-refractivity contribution in [3.05, 3.63) is 41.5 Å². The molecule has 2 aromatic rings. The lowest BCUT2D eigenvalue weighted by Gasteiger charge is -2.05. The Morgan fingerprint density at radius 1 is 1.33 bits per heavy atom. The van der Waals surface area contributed by atoms with Gasteiger partial charge in [0, 0.05) is 17.7 Å². The predicted octanol–water partition coefficient (Wildman–Crippen LogP) is 1.77. The van der Waals surface area contributed by atoms with Crippen LogP contribution in [0.15, 0.2) is 45.6 Å². The molecule has 1 unspecified atom stereocenters.